The zero-order valence-corrected chi connectivity index (χ0v) is 17.0. The molecule has 29 heavy (non-hydrogen) atoms. The van der Waals surface area contributed by atoms with Gasteiger partial charge in [0.2, 0.25) is 5.91 Å². The van der Waals surface area contributed by atoms with Gasteiger partial charge in [0, 0.05) is 18.2 Å². The molecule has 3 amide bonds. The Morgan fingerprint density at radius 2 is 1.90 bits per heavy atom. The molecular weight excluding hydrogens is 368 g/mol. The smallest absolute Gasteiger partial charge is 0.321 e. The molecule has 8 nitrogen and oxygen atoms in total. The molecule has 1 saturated heterocycles. The maximum atomic E-state index is 12.3. The van der Waals surface area contributed by atoms with E-state index in [9.17, 15) is 9.59 Å². The SMILES string of the molecule is CC1CCCCC1NC(=O)NC(=O)CN1CCC(c2nnc3ccccn23)CC1. The molecule has 3 heterocycles. The fraction of sp³-hybridized carbons (Fsp3) is 0.619. The fourth-order valence-electron chi connectivity index (χ4n) is 4.59. The second kappa shape index (κ2) is 8.90. The minimum Gasteiger partial charge on any atom is -0.335 e. The summed E-state index contributed by atoms with van der Waals surface area (Å²) in [6, 6.07) is 5.71. The number of imide groups is 1. The number of hydrogen-bond acceptors (Lipinski definition) is 5. The monoisotopic (exact) mass is 398 g/mol. The molecule has 2 aliphatic rings. The van der Waals surface area contributed by atoms with E-state index in [1.807, 2.05) is 28.8 Å². The van der Waals surface area contributed by atoms with Gasteiger partial charge in [-0.2, -0.15) is 0 Å². The first-order valence-electron chi connectivity index (χ1n) is 10.7. The van der Waals surface area contributed by atoms with Crippen LogP contribution in [-0.4, -0.2) is 57.1 Å². The topological polar surface area (TPSA) is 91.6 Å². The van der Waals surface area contributed by atoms with Crippen molar-refractivity contribution in [2.75, 3.05) is 19.6 Å². The number of nitrogens with one attached hydrogen (secondary N) is 2. The Morgan fingerprint density at radius 3 is 2.69 bits per heavy atom. The zero-order valence-electron chi connectivity index (χ0n) is 17.0. The summed E-state index contributed by atoms with van der Waals surface area (Å²) in [5, 5.41) is 14.1. The van der Waals surface area contributed by atoms with Gasteiger partial charge in [-0.15, -0.1) is 10.2 Å². The number of pyridine rings is 1. The van der Waals surface area contributed by atoms with Gasteiger partial charge in [0.25, 0.3) is 0 Å². The molecule has 1 saturated carbocycles. The van der Waals surface area contributed by atoms with Gasteiger partial charge in [0.1, 0.15) is 5.82 Å². The molecule has 0 spiro atoms. The van der Waals surface area contributed by atoms with Gasteiger partial charge in [0.05, 0.1) is 6.54 Å². The Morgan fingerprint density at radius 1 is 1.10 bits per heavy atom. The number of nitrogens with zero attached hydrogens (tertiary/aromatic N) is 4. The average molecular weight is 399 g/mol. The van der Waals surface area contributed by atoms with Crippen molar-refractivity contribution in [3.63, 3.8) is 0 Å². The molecule has 156 valence electrons. The predicted molar refractivity (Wildman–Crippen MR) is 109 cm³/mol. The van der Waals surface area contributed by atoms with Crippen LogP contribution in [0.4, 0.5) is 4.79 Å². The van der Waals surface area contributed by atoms with E-state index in [4.69, 9.17) is 0 Å². The molecule has 0 aromatic carbocycles. The van der Waals surface area contributed by atoms with E-state index >= 15 is 0 Å². The number of likely N-dealkylation sites (tertiary alicyclic amines) is 1. The molecule has 1 aliphatic carbocycles. The van der Waals surface area contributed by atoms with Crippen LogP contribution in [-0.2, 0) is 4.79 Å². The van der Waals surface area contributed by atoms with E-state index in [2.05, 4.69) is 32.7 Å². The summed E-state index contributed by atoms with van der Waals surface area (Å²) in [5.41, 5.74) is 0.864. The molecule has 8 heteroatoms. The van der Waals surface area contributed by atoms with Crippen LogP contribution in [0.3, 0.4) is 0 Å². The first kappa shape index (κ1) is 19.8. The van der Waals surface area contributed by atoms with E-state index in [1.54, 1.807) is 0 Å². The Balaban J connectivity index is 1.23. The number of piperidine rings is 1. The van der Waals surface area contributed by atoms with Gasteiger partial charge in [-0.3, -0.25) is 19.4 Å². The first-order valence-corrected chi connectivity index (χ1v) is 10.7. The van der Waals surface area contributed by atoms with Crippen LogP contribution >= 0.6 is 0 Å². The van der Waals surface area contributed by atoms with E-state index in [0.29, 0.717) is 11.8 Å². The summed E-state index contributed by atoms with van der Waals surface area (Å²) < 4.78 is 2.05. The maximum absolute atomic E-state index is 12.3. The van der Waals surface area contributed by atoms with Crippen LogP contribution in [0.2, 0.25) is 0 Å². The molecule has 2 N–H and O–H groups in total. The number of hydrogen-bond donors (Lipinski definition) is 2. The maximum Gasteiger partial charge on any atom is 0.321 e. The van der Waals surface area contributed by atoms with Gasteiger partial charge in [0.15, 0.2) is 5.65 Å². The average Bonchev–Trinajstić information content (AvgIpc) is 3.14. The summed E-state index contributed by atoms with van der Waals surface area (Å²) >= 11 is 0. The Bertz CT molecular complexity index is 858. The van der Waals surface area contributed by atoms with Crippen molar-refractivity contribution in [2.45, 2.75) is 57.4 Å². The Hall–Kier alpha value is -2.48. The zero-order chi connectivity index (χ0) is 20.2. The third-order valence-corrected chi connectivity index (χ3v) is 6.34. The van der Waals surface area contributed by atoms with E-state index in [-0.39, 0.29) is 24.5 Å². The largest absolute Gasteiger partial charge is 0.335 e. The normalized spacial score (nSPS) is 23.8. The first-order chi connectivity index (χ1) is 14.1. The predicted octanol–water partition coefficient (Wildman–Crippen LogP) is 2.31. The van der Waals surface area contributed by atoms with Gasteiger partial charge in [-0.1, -0.05) is 25.8 Å². The van der Waals surface area contributed by atoms with Crippen LogP contribution in [0.1, 0.15) is 57.2 Å². The highest BCUT2D eigenvalue weighted by Gasteiger charge is 2.27. The van der Waals surface area contributed by atoms with Crippen molar-refractivity contribution in [1.29, 1.82) is 0 Å². The van der Waals surface area contributed by atoms with Crippen molar-refractivity contribution in [1.82, 2.24) is 30.1 Å². The van der Waals surface area contributed by atoms with Gasteiger partial charge < -0.3 is 5.32 Å². The van der Waals surface area contributed by atoms with E-state index < -0.39 is 0 Å². The molecule has 0 radical (unpaired) electrons. The van der Waals surface area contributed by atoms with Crippen LogP contribution in [0.15, 0.2) is 24.4 Å². The third-order valence-electron chi connectivity index (χ3n) is 6.34. The van der Waals surface area contributed by atoms with Gasteiger partial charge in [-0.05, 0) is 56.8 Å². The second-order valence-electron chi connectivity index (χ2n) is 8.43. The molecule has 2 aromatic heterocycles. The minimum absolute atomic E-state index is 0.172. The van der Waals surface area contributed by atoms with Crippen molar-refractivity contribution in [3.8, 4) is 0 Å². The van der Waals surface area contributed by atoms with E-state index in [1.165, 1.54) is 6.42 Å². The molecule has 1 aliphatic heterocycles. The fourth-order valence-corrected chi connectivity index (χ4v) is 4.59. The lowest BCUT2D eigenvalue weighted by Crippen LogP contribution is -2.50. The highest BCUT2D eigenvalue weighted by atomic mass is 16.2. The summed E-state index contributed by atoms with van der Waals surface area (Å²) in [5.74, 6) is 1.56. The molecule has 2 aromatic rings. The van der Waals surface area contributed by atoms with Crippen LogP contribution in [0.25, 0.3) is 5.65 Å². The number of fused-ring (bicyclic) bond motifs is 1. The van der Waals surface area contributed by atoms with Crippen molar-refractivity contribution >= 4 is 17.6 Å². The van der Waals surface area contributed by atoms with E-state index in [0.717, 1.165) is 56.7 Å². The number of aromatic nitrogens is 3. The summed E-state index contributed by atoms with van der Waals surface area (Å²) in [6.07, 6.45) is 8.34. The van der Waals surface area contributed by atoms with Gasteiger partial charge >= 0.3 is 6.03 Å². The molecule has 2 atom stereocenters. The van der Waals surface area contributed by atoms with Crippen LogP contribution in [0, 0.1) is 5.92 Å². The summed E-state index contributed by atoms with van der Waals surface area (Å²) in [4.78, 5) is 26.6. The molecule has 4 rings (SSSR count). The molecule has 2 unspecified atom stereocenters. The lowest BCUT2D eigenvalue weighted by Gasteiger charge is -2.31. The van der Waals surface area contributed by atoms with Crippen molar-refractivity contribution < 1.29 is 9.59 Å². The molecular formula is C21H30N6O2. The lowest BCUT2D eigenvalue weighted by atomic mass is 9.86. The number of carbonyl (C=O) groups excluding carboxylic acids is 2. The molecule has 0 bridgehead atoms. The van der Waals surface area contributed by atoms with Gasteiger partial charge in [-0.25, -0.2) is 4.79 Å². The van der Waals surface area contributed by atoms with Crippen molar-refractivity contribution in [2.24, 2.45) is 5.92 Å². The number of urea groups is 1. The third kappa shape index (κ3) is 4.75. The lowest BCUT2D eigenvalue weighted by molar-refractivity contribution is -0.121. The van der Waals surface area contributed by atoms with Crippen LogP contribution in [0.5, 0.6) is 0 Å². The highest BCUT2D eigenvalue weighted by Crippen LogP contribution is 2.27. The molecule has 2 fully saturated rings. The standard InChI is InChI=1S/C21H30N6O2/c1-15-6-2-3-7-17(15)22-21(29)23-19(28)14-26-12-9-16(10-13-26)20-25-24-18-8-4-5-11-27(18)20/h4-5,8,11,15-17H,2-3,6-7,9-10,12-14H2,1H3,(H2,22,23,28,29). The highest BCUT2D eigenvalue weighted by molar-refractivity contribution is 5.95. The Labute approximate surface area is 171 Å². The number of rotatable bonds is 4. The quantitative estimate of drug-likeness (QED) is 0.825. The Kier molecular flexibility index (Phi) is 6.08. The van der Waals surface area contributed by atoms with Crippen molar-refractivity contribution in [3.05, 3.63) is 30.2 Å². The summed E-state index contributed by atoms with van der Waals surface area (Å²) in [7, 11) is 0. The number of carbonyl (C=O) groups is 2. The minimum atomic E-state index is -0.362. The number of amides is 3. The van der Waals surface area contributed by atoms with Crippen LogP contribution < -0.4 is 10.6 Å². The second-order valence-corrected chi connectivity index (χ2v) is 8.43. The summed E-state index contributed by atoms with van der Waals surface area (Å²) in [6.45, 7) is 4.03.